The maximum absolute atomic E-state index is 13.4. The van der Waals surface area contributed by atoms with Crippen molar-refractivity contribution in [2.45, 2.75) is 44.7 Å². The molecule has 0 aliphatic carbocycles. The number of anilines is 1. The minimum absolute atomic E-state index is 0. The summed E-state index contributed by atoms with van der Waals surface area (Å²) in [6.45, 7) is 1.96. The number of carbonyl (C=O) groups excluding carboxylic acids is 1. The lowest BCUT2D eigenvalue weighted by Gasteiger charge is -2.52. The summed E-state index contributed by atoms with van der Waals surface area (Å²) in [4.78, 5) is 18.4. The van der Waals surface area contributed by atoms with Gasteiger partial charge in [0, 0.05) is 38.1 Å². The Kier molecular flexibility index (Phi) is 5.52. The van der Waals surface area contributed by atoms with Gasteiger partial charge in [-0.15, -0.1) is 0 Å². The zero-order valence-electron chi connectivity index (χ0n) is 15.1. The van der Waals surface area contributed by atoms with Crippen LogP contribution in [0.4, 0.5) is 14.9 Å². The van der Waals surface area contributed by atoms with Crippen LogP contribution in [0.5, 0.6) is 0 Å². The van der Waals surface area contributed by atoms with E-state index < -0.39 is 0 Å². The van der Waals surface area contributed by atoms with Crippen molar-refractivity contribution < 1.29 is 15.7 Å². The highest BCUT2D eigenvalue weighted by Crippen LogP contribution is 2.38. The molecule has 1 unspecified atom stereocenters. The van der Waals surface area contributed by atoms with E-state index in [0.29, 0.717) is 17.6 Å². The number of fused-ring (bicyclic) bond motifs is 2. The molecular formula is C20H26FN3O2. The summed E-state index contributed by atoms with van der Waals surface area (Å²) in [7, 11) is 1.00. The molecule has 5 nitrogen and oxygen atoms in total. The predicted octanol–water partition coefficient (Wildman–Crippen LogP) is 4.21. The highest BCUT2D eigenvalue weighted by molar-refractivity contribution is 5.91. The summed E-state index contributed by atoms with van der Waals surface area (Å²) in [5.74, 6) is -0.366. The number of aliphatic hydroxyl groups is 1. The zero-order chi connectivity index (χ0) is 18.7. The van der Waals surface area contributed by atoms with Gasteiger partial charge in [0.25, 0.3) is 0 Å². The standard InChI is InChI=1S/C19H20FN3O.CH4O.H2/c1-12-5-6-15(8-18(12)13-7-14(20)11-21-10-13)22-19(24)23-16-3-2-4-17(23)9-16;1-2;/h5-8,10-11,16-17H,2-4,9H2,1H3,(H,22,24);2H,1H3;1H/t16-,17?;;/m0../s1. The summed E-state index contributed by atoms with van der Waals surface area (Å²) in [6.07, 6.45) is 7.40. The third-order valence-electron chi connectivity index (χ3n) is 5.14. The van der Waals surface area contributed by atoms with Crippen molar-refractivity contribution in [1.82, 2.24) is 9.88 Å². The fourth-order valence-corrected chi connectivity index (χ4v) is 3.89. The van der Waals surface area contributed by atoms with E-state index in [2.05, 4.69) is 10.3 Å². The number of piperidine rings is 1. The van der Waals surface area contributed by atoms with Crippen molar-refractivity contribution in [2.75, 3.05) is 12.4 Å². The number of amides is 2. The lowest BCUT2D eigenvalue weighted by molar-refractivity contribution is 0.0173. The number of nitrogens with one attached hydrogen (secondary N) is 1. The van der Waals surface area contributed by atoms with E-state index in [1.165, 1.54) is 18.7 Å². The van der Waals surface area contributed by atoms with Gasteiger partial charge in [0.05, 0.1) is 6.20 Å². The number of halogens is 1. The number of aryl methyl sites for hydroxylation is 1. The van der Waals surface area contributed by atoms with Gasteiger partial charge >= 0.3 is 6.03 Å². The van der Waals surface area contributed by atoms with Crippen molar-refractivity contribution in [3.63, 3.8) is 0 Å². The van der Waals surface area contributed by atoms with Gasteiger partial charge in [-0.05, 0) is 61.9 Å². The predicted molar refractivity (Wildman–Crippen MR) is 102 cm³/mol. The van der Waals surface area contributed by atoms with Gasteiger partial charge in [-0.1, -0.05) is 6.07 Å². The number of aliphatic hydroxyl groups excluding tert-OH is 1. The van der Waals surface area contributed by atoms with Gasteiger partial charge < -0.3 is 15.3 Å². The van der Waals surface area contributed by atoms with Crippen LogP contribution in [0, 0.1) is 12.7 Å². The van der Waals surface area contributed by atoms with Crippen molar-refractivity contribution in [3.05, 3.63) is 48.0 Å². The van der Waals surface area contributed by atoms with Crippen molar-refractivity contribution in [1.29, 1.82) is 0 Å². The first-order valence-corrected chi connectivity index (χ1v) is 8.87. The van der Waals surface area contributed by atoms with Gasteiger partial charge in [0.2, 0.25) is 0 Å². The second kappa shape index (κ2) is 7.83. The van der Waals surface area contributed by atoms with Crippen molar-refractivity contribution in [2.24, 2.45) is 0 Å². The minimum Gasteiger partial charge on any atom is -0.400 e. The molecule has 2 aromatic rings. The van der Waals surface area contributed by atoms with Crippen LogP contribution in [0.25, 0.3) is 11.1 Å². The summed E-state index contributed by atoms with van der Waals surface area (Å²) < 4.78 is 13.4. The van der Waals surface area contributed by atoms with E-state index >= 15 is 0 Å². The van der Waals surface area contributed by atoms with Crippen LogP contribution >= 0.6 is 0 Å². The van der Waals surface area contributed by atoms with E-state index in [1.807, 2.05) is 30.0 Å². The lowest BCUT2D eigenvalue weighted by atomic mass is 9.80. The highest BCUT2D eigenvalue weighted by Gasteiger charge is 2.44. The first-order chi connectivity index (χ1) is 12.6. The molecule has 2 aliphatic heterocycles. The Bertz CT molecular complexity index is 789. The van der Waals surface area contributed by atoms with E-state index in [4.69, 9.17) is 5.11 Å². The maximum Gasteiger partial charge on any atom is 0.322 e. The molecule has 2 fully saturated rings. The average Bonchev–Trinajstić information content (AvgIpc) is 2.65. The van der Waals surface area contributed by atoms with Gasteiger partial charge in [-0.3, -0.25) is 4.98 Å². The number of pyridine rings is 1. The first-order valence-electron chi connectivity index (χ1n) is 8.87. The number of nitrogens with zero attached hydrogens (tertiary/aromatic N) is 2. The Morgan fingerprint density at radius 3 is 2.65 bits per heavy atom. The van der Waals surface area contributed by atoms with E-state index in [0.717, 1.165) is 43.2 Å². The number of hydrogen-bond acceptors (Lipinski definition) is 3. The molecule has 1 aromatic carbocycles. The van der Waals surface area contributed by atoms with Gasteiger partial charge in [0.15, 0.2) is 0 Å². The van der Waals surface area contributed by atoms with Crippen LogP contribution in [0.2, 0.25) is 0 Å². The van der Waals surface area contributed by atoms with Crippen LogP contribution in [0.15, 0.2) is 36.7 Å². The Hall–Kier alpha value is -2.47. The monoisotopic (exact) mass is 359 g/mol. The molecule has 3 heterocycles. The Labute approximate surface area is 154 Å². The lowest BCUT2D eigenvalue weighted by Crippen LogP contribution is -2.62. The molecule has 4 rings (SSSR count). The van der Waals surface area contributed by atoms with Crippen molar-refractivity contribution >= 4 is 11.7 Å². The number of rotatable bonds is 2. The Balaban J connectivity index is 0.000000844. The third-order valence-corrected chi connectivity index (χ3v) is 5.14. The average molecular weight is 359 g/mol. The third kappa shape index (κ3) is 3.55. The summed E-state index contributed by atoms with van der Waals surface area (Å²) in [6, 6.07) is 7.96. The second-order valence-corrected chi connectivity index (χ2v) is 6.73. The Morgan fingerprint density at radius 2 is 2.00 bits per heavy atom. The van der Waals surface area contributed by atoms with Crippen LogP contribution in [-0.2, 0) is 0 Å². The summed E-state index contributed by atoms with van der Waals surface area (Å²) >= 11 is 0. The van der Waals surface area contributed by atoms with Crippen molar-refractivity contribution in [3.8, 4) is 11.1 Å². The number of hydrogen-bond donors (Lipinski definition) is 2. The normalized spacial score (nSPS) is 20.5. The molecule has 2 N–H and O–H groups in total. The number of aromatic nitrogens is 1. The highest BCUT2D eigenvalue weighted by atomic mass is 19.1. The molecule has 1 aromatic heterocycles. The smallest absolute Gasteiger partial charge is 0.322 e. The molecule has 2 aliphatic rings. The molecule has 6 heteroatoms. The molecule has 0 saturated carbocycles. The van der Waals surface area contributed by atoms with Crippen LogP contribution < -0.4 is 5.32 Å². The zero-order valence-corrected chi connectivity index (χ0v) is 15.1. The SMILES string of the molecule is CO.Cc1ccc(NC(=O)N2C3CCC[C@H]2C3)cc1-c1cncc(F)c1.[HH]. The molecule has 2 atom stereocenters. The fourth-order valence-electron chi connectivity index (χ4n) is 3.89. The van der Waals surface area contributed by atoms with E-state index in [1.54, 1.807) is 6.20 Å². The molecule has 0 radical (unpaired) electrons. The molecule has 2 bridgehead atoms. The number of benzene rings is 1. The quantitative estimate of drug-likeness (QED) is 0.844. The van der Waals surface area contributed by atoms with Crippen LogP contribution in [0.3, 0.4) is 0 Å². The van der Waals surface area contributed by atoms with Crippen LogP contribution in [0.1, 0.15) is 32.7 Å². The minimum atomic E-state index is -0.366. The Morgan fingerprint density at radius 1 is 1.27 bits per heavy atom. The van der Waals surface area contributed by atoms with E-state index in [-0.39, 0.29) is 13.3 Å². The molecule has 0 spiro atoms. The topological polar surface area (TPSA) is 65.5 Å². The van der Waals surface area contributed by atoms with Gasteiger partial charge in [-0.2, -0.15) is 0 Å². The summed E-state index contributed by atoms with van der Waals surface area (Å²) in [5.41, 5.74) is 3.34. The van der Waals surface area contributed by atoms with Gasteiger partial charge in [-0.25, -0.2) is 9.18 Å². The molecule has 140 valence electrons. The van der Waals surface area contributed by atoms with Crippen LogP contribution in [-0.4, -0.2) is 40.2 Å². The first kappa shape index (κ1) is 18.3. The number of urea groups is 1. The molecular weight excluding hydrogens is 333 g/mol. The summed E-state index contributed by atoms with van der Waals surface area (Å²) in [5, 5.41) is 10.00. The van der Waals surface area contributed by atoms with Gasteiger partial charge in [0.1, 0.15) is 5.82 Å². The fraction of sp³-hybridized carbons (Fsp3) is 0.400. The van der Waals surface area contributed by atoms with E-state index in [9.17, 15) is 9.18 Å². The molecule has 26 heavy (non-hydrogen) atoms. The maximum atomic E-state index is 13.4. The largest absolute Gasteiger partial charge is 0.400 e. The second-order valence-electron chi connectivity index (χ2n) is 6.73. The molecule has 2 saturated heterocycles. The number of carbonyl (C=O) groups is 1. The molecule has 2 amide bonds.